The second-order valence-electron chi connectivity index (χ2n) is 15.1. The molecule has 9 heteroatoms. The summed E-state index contributed by atoms with van der Waals surface area (Å²) in [5.41, 5.74) is 3.44. The third-order valence-electron chi connectivity index (χ3n) is 8.85. The topological polar surface area (TPSA) is 80.7 Å². The number of phosphoric acid groups is 1. The van der Waals surface area contributed by atoms with E-state index in [1.165, 1.54) is 49.7 Å². The summed E-state index contributed by atoms with van der Waals surface area (Å²) in [6, 6.07) is 0. The van der Waals surface area contributed by atoms with Crippen molar-refractivity contribution in [2.45, 2.75) is 132 Å². The van der Waals surface area contributed by atoms with E-state index < -0.39 is 31.2 Å². The molecule has 2 fully saturated rings. The minimum absolute atomic E-state index is 0.405. The molecule has 1 N–H and O–H groups in total. The molecule has 244 valence electrons. The summed E-state index contributed by atoms with van der Waals surface area (Å²) in [5.74, 6) is 0.810. The fraction of sp³-hybridized carbons (Fsp3) is 0.765. The number of hydrogen-bond donors (Lipinski definition) is 1. The fourth-order valence-corrected chi connectivity index (χ4v) is 7.45. The van der Waals surface area contributed by atoms with Crippen LogP contribution >= 0.6 is 7.82 Å². The standard InChI is InChI=1S/C34H57N2O6P/c1-25-19-21-35(29(23-25)27-15-11-9-12-16-27)39-31(33(3,4)5)41-43(37,38)42-32(34(6,7)8)40-36-22-20-26(2)24-30(36)28-17-13-10-14-18-28/h19-20,23-24,27-28,31-32H,9-18,21-22H2,1-8H3,(H,37,38). The molecule has 0 bridgehead atoms. The van der Waals surface area contributed by atoms with Crippen molar-refractivity contribution in [3.8, 4) is 0 Å². The number of nitrogens with zero attached hydrogens (tertiary/aromatic N) is 2. The van der Waals surface area contributed by atoms with Crippen molar-refractivity contribution in [3.05, 3.63) is 46.8 Å². The van der Waals surface area contributed by atoms with Gasteiger partial charge in [0.05, 0.1) is 13.1 Å². The minimum Gasteiger partial charge on any atom is -0.302 e. The highest BCUT2D eigenvalue weighted by molar-refractivity contribution is 7.47. The number of rotatable bonds is 10. The van der Waals surface area contributed by atoms with E-state index in [2.05, 4.69) is 38.2 Å². The van der Waals surface area contributed by atoms with E-state index in [4.69, 9.17) is 18.7 Å². The third kappa shape index (κ3) is 9.79. The van der Waals surface area contributed by atoms with Gasteiger partial charge in [0.2, 0.25) is 0 Å². The normalized spacial score (nSPS) is 24.5. The van der Waals surface area contributed by atoms with Gasteiger partial charge in [-0.25, -0.2) is 14.2 Å². The molecule has 2 unspecified atom stereocenters. The molecule has 2 saturated carbocycles. The summed E-state index contributed by atoms with van der Waals surface area (Å²) in [7, 11) is -4.63. The van der Waals surface area contributed by atoms with Gasteiger partial charge in [0.15, 0.2) is 12.6 Å². The average Bonchev–Trinajstić information content (AvgIpc) is 2.94. The predicted octanol–water partition coefficient (Wildman–Crippen LogP) is 9.18. The monoisotopic (exact) mass is 620 g/mol. The van der Waals surface area contributed by atoms with Gasteiger partial charge in [-0.15, -0.1) is 0 Å². The maximum Gasteiger partial charge on any atom is 0.477 e. The Morgan fingerprint density at radius 1 is 0.698 bits per heavy atom. The van der Waals surface area contributed by atoms with E-state index in [9.17, 15) is 9.46 Å². The molecule has 0 spiro atoms. The van der Waals surface area contributed by atoms with Gasteiger partial charge < -0.3 is 4.89 Å². The lowest BCUT2D eigenvalue weighted by molar-refractivity contribution is -0.292. The molecule has 0 amide bonds. The molecule has 4 aliphatic rings. The maximum atomic E-state index is 13.7. The zero-order chi connectivity index (χ0) is 31.4. The summed E-state index contributed by atoms with van der Waals surface area (Å²) in [6.45, 7) is 17.0. The second-order valence-corrected chi connectivity index (χ2v) is 16.5. The van der Waals surface area contributed by atoms with Crippen LogP contribution in [-0.4, -0.2) is 40.7 Å². The van der Waals surface area contributed by atoms with Crippen LogP contribution in [0.25, 0.3) is 0 Å². The molecule has 2 aliphatic heterocycles. The molecule has 43 heavy (non-hydrogen) atoms. The Kier molecular flexibility index (Phi) is 11.5. The Labute approximate surface area is 260 Å². The molecule has 2 atom stereocenters. The largest absolute Gasteiger partial charge is 0.477 e. The summed E-state index contributed by atoms with van der Waals surface area (Å²) >= 11 is 0. The molecule has 8 nitrogen and oxygen atoms in total. The van der Waals surface area contributed by atoms with Gasteiger partial charge in [0, 0.05) is 34.1 Å². The second kappa shape index (κ2) is 14.3. The van der Waals surface area contributed by atoms with Crippen molar-refractivity contribution in [1.29, 1.82) is 0 Å². The number of allylic oxidation sites excluding steroid dienone is 6. The fourth-order valence-electron chi connectivity index (χ4n) is 6.21. The third-order valence-corrected chi connectivity index (χ3v) is 9.77. The Bertz CT molecular complexity index is 1030. The van der Waals surface area contributed by atoms with Crippen molar-refractivity contribution >= 4 is 7.82 Å². The molecule has 2 heterocycles. The number of phosphoric ester groups is 1. The Balaban J connectivity index is 1.49. The minimum atomic E-state index is -4.63. The molecular formula is C34H57N2O6P. The molecule has 4 rings (SSSR count). The first kappa shape index (κ1) is 34.5. The van der Waals surface area contributed by atoms with Crippen molar-refractivity contribution in [1.82, 2.24) is 10.1 Å². The first-order valence-electron chi connectivity index (χ1n) is 16.5. The highest BCUT2D eigenvalue weighted by Gasteiger charge is 2.43. The van der Waals surface area contributed by atoms with Gasteiger partial charge in [-0.2, -0.15) is 0 Å². The van der Waals surface area contributed by atoms with Crippen LogP contribution in [0, 0.1) is 22.7 Å². The molecular weight excluding hydrogens is 563 g/mol. The van der Waals surface area contributed by atoms with Crippen LogP contribution in [-0.2, 0) is 23.3 Å². The molecule has 0 aromatic carbocycles. The SMILES string of the molecule is CC1=CCN(OC(OP(=O)(O)OC(ON2CC=C(C)C=C2C2CCCCC2)C(C)(C)C)C(C)(C)C)C(C2CCCCC2)=C1. The Hall–Kier alpha value is -1.41. The van der Waals surface area contributed by atoms with Gasteiger partial charge >= 0.3 is 7.82 Å². The van der Waals surface area contributed by atoms with E-state index in [1.807, 2.05) is 51.7 Å². The van der Waals surface area contributed by atoms with E-state index in [0.29, 0.717) is 24.9 Å². The molecule has 0 saturated heterocycles. The van der Waals surface area contributed by atoms with Gasteiger partial charge in [-0.05, 0) is 51.7 Å². The van der Waals surface area contributed by atoms with Crippen molar-refractivity contribution in [3.63, 3.8) is 0 Å². The highest BCUT2D eigenvalue weighted by Crippen LogP contribution is 2.52. The molecule has 0 radical (unpaired) electrons. The molecule has 0 aromatic heterocycles. The maximum absolute atomic E-state index is 13.7. The number of hydroxylamine groups is 4. The van der Waals surface area contributed by atoms with Gasteiger partial charge in [-0.1, -0.05) is 103 Å². The van der Waals surface area contributed by atoms with E-state index in [0.717, 1.165) is 37.1 Å². The summed E-state index contributed by atoms with van der Waals surface area (Å²) in [6.07, 6.45) is 18.4. The zero-order valence-electron chi connectivity index (χ0n) is 27.9. The first-order chi connectivity index (χ1) is 20.1. The lowest BCUT2D eigenvalue weighted by Gasteiger charge is -2.41. The smallest absolute Gasteiger partial charge is 0.302 e. The average molecular weight is 621 g/mol. The van der Waals surface area contributed by atoms with E-state index >= 15 is 0 Å². The van der Waals surface area contributed by atoms with Gasteiger partial charge in [0.1, 0.15) is 0 Å². The summed E-state index contributed by atoms with van der Waals surface area (Å²) in [5, 5.41) is 3.72. The zero-order valence-corrected chi connectivity index (χ0v) is 28.8. The van der Waals surface area contributed by atoms with Crippen molar-refractivity contribution in [2.24, 2.45) is 22.7 Å². The predicted molar refractivity (Wildman–Crippen MR) is 171 cm³/mol. The van der Waals surface area contributed by atoms with Gasteiger partial charge in [0.25, 0.3) is 0 Å². The lowest BCUT2D eigenvalue weighted by atomic mass is 9.85. The lowest BCUT2D eigenvalue weighted by Crippen LogP contribution is -2.42. The van der Waals surface area contributed by atoms with E-state index in [-0.39, 0.29) is 0 Å². The molecule has 2 aliphatic carbocycles. The van der Waals surface area contributed by atoms with Crippen molar-refractivity contribution < 1.29 is 28.2 Å². The number of hydrogen-bond acceptors (Lipinski definition) is 7. The van der Waals surface area contributed by atoms with Crippen LogP contribution in [0.2, 0.25) is 0 Å². The Morgan fingerprint density at radius 3 is 1.37 bits per heavy atom. The van der Waals surface area contributed by atoms with Crippen LogP contribution in [0.4, 0.5) is 0 Å². The van der Waals surface area contributed by atoms with Crippen LogP contribution < -0.4 is 0 Å². The van der Waals surface area contributed by atoms with Crippen LogP contribution in [0.1, 0.15) is 120 Å². The molecule has 0 aromatic rings. The Morgan fingerprint density at radius 2 is 1.05 bits per heavy atom. The highest BCUT2D eigenvalue weighted by atomic mass is 31.2. The van der Waals surface area contributed by atoms with Crippen LogP contribution in [0.5, 0.6) is 0 Å². The summed E-state index contributed by atoms with van der Waals surface area (Å²) < 4.78 is 25.5. The summed E-state index contributed by atoms with van der Waals surface area (Å²) in [4.78, 5) is 24.1. The first-order valence-corrected chi connectivity index (χ1v) is 18.0. The van der Waals surface area contributed by atoms with Crippen LogP contribution in [0.3, 0.4) is 0 Å². The quantitative estimate of drug-likeness (QED) is 0.191. The van der Waals surface area contributed by atoms with Gasteiger partial charge in [-0.3, -0.25) is 19.2 Å². The van der Waals surface area contributed by atoms with Crippen molar-refractivity contribution in [2.75, 3.05) is 13.1 Å². The van der Waals surface area contributed by atoms with Crippen LogP contribution in [0.15, 0.2) is 46.8 Å². The van der Waals surface area contributed by atoms with E-state index in [1.54, 1.807) is 0 Å².